The van der Waals surface area contributed by atoms with Crippen LogP contribution in [0.1, 0.15) is 43.6 Å². The quantitative estimate of drug-likeness (QED) is 0.713. The Morgan fingerprint density at radius 2 is 1.70 bits per heavy atom. The van der Waals surface area contributed by atoms with E-state index in [9.17, 15) is 13.2 Å². The maximum Gasteiger partial charge on any atom is 0.252 e. The number of sulfone groups is 1. The van der Waals surface area contributed by atoms with Gasteiger partial charge in [-0.25, -0.2) is 8.42 Å². The number of carbonyl (C=O) groups is 1. The van der Waals surface area contributed by atoms with Gasteiger partial charge in [0.25, 0.3) is 5.91 Å². The Kier molecular flexibility index (Phi) is 6.61. The summed E-state index contributed by atoms with van der Waals surface area (Å²) in [6.45, 7) is 7.42. The van der Waals surface area contributed by atoms with E-state index in [1.807, 2.05) is 19.9 Å². The summed E-state index contributed by atoms with van der Waals surface area (Å²) in [5.74, 6) is -0.428. The number of hydrogen-bond donors (Lipinski definition) is 1. The van der Waals surface area contributed by atoms with Crippen LogP contribution in [-0.2, 0) is 15.3 Å². The Balaban J connectivity index is 2.25. The molecule has 2 aromatic rings. The minimum atomic E-state index is -3.56. The van der Waals surface area contributed by atoms with E-state index in [1.165, 1.54) is 12.1 Å². The Labute approximate surface area is 170 Å². The summed E-state index contributed by atoms with van der Waals surface area (Å²) in [7, 11) is -3.56. The maximum atomic E-state index is 12.7. The van der Waals surface area contributed by atoms with Crippen LogP contribution in [0.4, 0.5) is 0 Å². The molecule has 1 N–H and O–H groups in total. The molecule has 1 amide bonds. The molecule has 0 bridgehead atoms. The summed E-state index contributed by atoms with van der Waals surface area (Å²) in [5, 5.41) is 3.14. The Bertz CT molecular complexity index is 953. The lowest BCUT2D eigenvalue weighted by Crippen LogP contribution is -2.37. The smallest absolute Gasteiger partial charge is 0.252 e. The number of carbonyl (C=O) groups excluding carboxylic acids is 1. The third kappa shape index (κ3) is 4.84. The lowest BCUT2D eigenvalue weighted by molar-refractivity contribution is 0.0942. The molecule has 0 aliphatic heterocycles. The molecule has 7 heteroatoms. The molecule has 0 radical (unpaired) electrons. The van der Waals surface area contributed by atoms with Crippen LogP contribution in [0.25, 0.3) is 0 Å². The number of benzene rings is 2. The molecule has 146 valence electrons. The molecule has 2 aromatic carbocycles. The van der Waals surface area contributed by atoms with Crippen molar-refractivity contribution in [3.63, 3.8) is 0 Å². The van der Waals surface area contributed by atoms with Gasteiger partial charge in [0, 0.05) is 12.0 Å². The fraction of sp³-hybridized carbons (Fsp3) is 0.350. The van der Waals surface area contributed by atoms with Crippen molar-refractivity contribution in [2.75, 3.05) is 6.54 Å². The van der Waals surface area contributed by atoms with Gasteiger partial charge in [-0.15, -0.1) is 0 Å². The topological polar surface area (TPSA) is 63.2 Å². The van der Waals surface area contributed by atoms with Crippen LogP contribution in [0.5, 0.6) is 0 Å². The van der Waals surface area contributed by atoms with E-state index in [1.54, 1.807) is 38.1 Å². The lowest BCUT2D eigenvalue weighted by Gasteiger charge is -2.26. The molecule has 27 heavy (non-hydrogen) atoms. The summed E-state index contributed by atoms with van der Waals surface area (Å²) < 4.78 is 25.1. The summed E-state index contributed by atoms with van der Waals surface area (Å²) in [4.78, 5) is 12.8. The van der Waals surface area contributed by atoms with E-state index in [4.69, 9.17) is 23.2 Å². The van der Waals surface area contributed by atoms with Gasteiger partial charge in [-0.1, -0.05) is 55.2 Å². The molecule has 0 spiro atoms. The first-order valence-electron chi connectivity index (χ1n) is 8.53. The van der Waals surface area contributed by atoms with Crippen molar-refractivity contribution < 1.29 is 13.2 Å². The maximum absolute atomic E-state index is 12.7. The van der Waals surface area contributed by atoms with Crippen molar-refractivity contribution in [1.29, 1.82) is 0 Å². The zero-order valence-electron chi connectivity index (χ0n) is 15.7. The molecule has 0 aliphatic rings. The van der Waals surface area contributed by atoms with Gasteiger partial charge in [0.05, 0.1) is 25.8 Å². The van der Waals surface area contributed by atoms with Crippen LogP contribution in [0.15, 0.2) is 47.4 Å². The van der Waals surface area contributed by atoms with Gasteiger partial charge in [-0.3, -0.25) is 4.79 Å². The van der Waals surface area contributed by atoms with Gasteiger partial charge in [-0.05, 0) is 43.7 Å². The molecule has 0 saturated carbocycles. The molecule has 0 aliphatic carbocycles. The fourth-order valence-corrected chi connectivity index (χ4v) is 4.11. The highest BCUT2D eigenvalue weighted by Crippen LogP contribution is 2.30. The van der Waals surface area contributed by atoms with E-state index in [0.717, 1.165) is 5.56 Å². The normalized spacial score (nSPS) is 12.3. The number of amides is 1. The van der Waals surface area contributed by atoms with E-state index in [0.29, 0.717) is 16.6 Å². The average Bonchev–Trinajstić information content (AvgIpc) is 2.61. The van der Waals surface area contributed by atoms with Crippen LogP contribution >= 0.6 is 23.2 Å². The monoisotopic (exact) mass is 427 g/mol. The first kappa shape index (κ1) is 21.7. The second-order valence-electron chi connectivity index (χ2n) is 7.29. The zero-order valence-corrected chi connectivity index (χ0v) is 18.0. The van der Waals surface area contributed by atoms with Gasteiger partial charge in [0.2, 0.25) is 0 Å². The number of rotatable bonds is 6. The Morgan fingerprint density at radius 3 is 2.30 bits per heavy atom. The molecular formula is C20H23Cl2NO3S. The second kappa shape index (κ2) is 8.21. The Morgan fingerprint density at radius 1 is 1.07 bits per heavy atom. The highest BCUT2D eigenvalue weighted by atomic mass is 35.5. The highest BCUT2D eigenvalue weighted by Gasteiger charge is 2.27. The van der Waals surface area contributed by atoms with Crippen molar-refractivity contribution in [3.8, 4) is 0 Å². The van der Waals surface area contributed by atoms with E-state index >= 15 is 0 Å². The summed E-state index contributed by atoms with van der Waals surface area (Å²) >= 11 is 12.1. The summed E-state index contributed by atoms with van der Waals surface area (Å²) in [5.41, 5.74) is 0.645. The van der Waals surface area contributed by atoms with Gasteiger partial charge in [0.1, 0.15) is 0 Å². The van der Waals surface area contributed by atoms with Crippen LogP contribution < -0.4 is 5.32 Å². The third-order valence-corrected chi connectivity index (χ3v) is 7.40. The molecule has 4 nitrogen and oxygen atoms in total. The fourth-order valence-electron chi connectivity index (χ4n) is 2.57. The zero-order chi connectivity index (χ0) is 20.4. The first-order chi connectivity index (χ1) is 12.5. The molecule has 0 saturated heterocycles. The SMILES string of the molecule is CC(C)S(=O)(=O)c1ccccc1C(=O)NCC(C)(C)c1ccc(Cl)c(Cl)c1. The van der Waals surface area contributed by atoms with Crippen LogP contribution in [0.2, 0.25) is 10.0 Å². The van der Waals surface area contributed by atoms with Crippen molar-refractivity contribution >= 4 is 38.9 Å². The summed E-state index contributed by atoms with van der Waals surface area (Å²) in [6.07, 6.45) is 0. The Hall–Kier alpha value is -1.56. The minimum absolute atomic E-state index is 0.0462. The minimum Gasteiger partial charge on any atom is -0.351 e. The number of hydrogen-bond acceptors (Lipinski definition) is 3. The highest BCUT2D eigenvalue weighted by molar-refractivity contribution is 7.92. The van der Waals surface area contributed by atoms with Crippen LogP contribution in [0, 0.1) is 0 Å². The first-order valence-corrected chi connectivity index (χ1v) is 10.8. The van der Waals surface area contributed by atoms with Gasteiger partial charge in [0.15, 0.2) is 9.84 Å². The van der Waals surface area contributed by atoms with Gasteiger partial charge >= 0.3 is 0 Å². The van der Waals surface area contributed by atoms with Gasteiger partial charge < -0.3 is 5.32 Å². The summed E-state index contributed by atoms with van der Waals surface area (Å²) in [6, 6.07) is 11.6. The largest absolute Gasteiger partial charge is 0.351 e. The van der Waals surface area contributed by atoms with Crippen molar-refractivity contribution in [3.05, 3.63) is 63.6 Å². The van der Waals surface area contributed by atoms with E-state index in [-0.39, 0.29) is 10.5 Å². The number of nitrogens with one attached hydrogen (secondary N) is 1. The molecular weight excluding hydrogens is 405 g/mol. The second-order valence-corrected chi connectivity index (χ2v) is 10.6. The van der Waals surface area contributed by atoms with E-state index in [2.05, 4.69) is 5.32 Å². The van der Waals surface area contributed by atoms with Crippen molar-refractivity contribution in [2.45, 2.75) is 43.3 Å². The van der Waals surface area contributed by atoms with E-state index < -0.39 is 26.4 Å². The predicted octanol–water partition coefficient (Wildman–Crippen LogP) is 4.88. The third-order valence-electron chi connectivity index (χ3n) is 4.45. The van der Waals surface area contributed by atoms with Crippen LogP contribution in [-0.4, -0.2) is 26.1 Å². The number of halogens is 2. The molecule has 0 heterocycles. The lowest BCUT2D eigenvalue weighted by atomic mass is 9.84. The molecule has 2 rings (SSSR count). The van der Waals surface area contributed by atoms with Gasteiger partial charge in [-0.2, -0.15) is 0 Å². The van der Waals surface area contributed by atoms with Crippen LogP contribution in [0.3, 0.4) is 0 Å². The van der Waals surface area contributed by atoms with Crippen molar-refractivity contribution in [2.24, 2.45) is 0 Å². The molecule has 0 fully saturated rings. The molecule has 0 atom stereocenters. The van der Waals surface area contributed by atoms with Crippen molar-refractivity contribution in [1.82, 2.24) is 5.32 Å². The molecule has 0 unspecified atom stereocenters. The standard InChI is InChI=1S/C20H23Cl2NO3S/c1-13(2)27(25,26)18-8-6-5-7-15(18)19(24)23-12-20(3,4)14-9-10-16(21)17(22)11-14/h5-11,13H,12H2,1-4H3,(H,23,24). The molecule has 0 aromatic heterocycles. The predicted molar refractivity (Wildman–Crippen MR) is 111 cm³/mol. The average molecular weight is 428 g/mol.